The summed E-state index contributed by atoms with van der Waals surface area (Å²) in [4.78, 5) is 34.2. The zero-order valence-electron chi connectivity index (χ0n) is 10.1. The van der Waals surface area contributed by atoms with E-state index < -0.39 is 16.4 Å². The highest BCUT2D eigenvalue weighted by molar-refractivity contribution is 7.16. The van der Waals surface area contributed by atoms with Crippen LogP contribution in [-0.2, 0) is 11.3 Å². The Morgan fingerprint density at radius 2 is 2.05 bits per heavy atom. The zero-order chi connectivity index (χ0) is 14.0. The Hall–Kier alpha value is -2.21. The highest BCUT2D eigenvalue weighted by atomic mass is 32.1. The van der Waals surface area contributed by atoms with Gasteiger partial charge in [0.2, 0.25) is 0 Å². The molecule has 0 amide bonds. The van der Waals surface area contributed by atoms with Crippen molar-refractivity contribution < 1.29 is 9.90 Å². The lowest BCUT2D eigenvalue weighted by Crippen LogP contribution is -2.30. The fraction of sp³-hybridized carbons (Fsp3) is 0.154. The summed E-state index contributed by atoms with van der Waals surface area (Å²) in [6.07, 6.45) is 1.35. The number of carboxylic acid groups (broad SMARTS) is 1. The maximum absolute atomic E-state index is 12.1. The first-order valence-electron chi connectivity index (χ1n) is 5.53. The van der Waals surface area contributed by atoms with Crippen LogP contribution in [0, 0.1) is 0 Å². The molecule has 0 saturated carbocycles. The van der Waals surface area contributed by atoms with Crippen LogP contribution in [0.3, 0.4) is 0 Å². The molecule has 0 fully saturated rings. The molecule has 0 unspecified atom stereocenters. The summed E-state index contributed by atoms with van der Waals surface area (Å²) in [6, 6.07) is 6.85. The second kappa shape index (κ2) is 5.19. The summed E-state index contributed by atoms with van der Waals surface area (Å²) in [6.45, 7) is 1.39. The van der Waals surface area contributed by atoms with Gasteiger partial charge in [-0.2, -0.15) is 0 Å². The Balaban J connectivity index is 2.56. The van der Waals surface area contributed by atoms with Crippen LogP contribution in [0.4, 0.5) is 0 Å². The molecular formula is C13H11NO4S. The average Bonchev–Trinajstić information content (AvgIpc) is 2.38. The third-order valence-corrected chi connectivity index (χ3v) is 3.67. The van der Waals surface area contributed by atoms with E-state index in [9.17, 15) is 14.4 Å². The predicted octanol–water partition coefficient (Wildman–Crippen LogP) is 1.45. The lowest BCUT2D eigenvalue weighted by Gasteiger charge is -2.02. The number of nitrogens with zero attached hydrogens (tertiary/aromatic N) is 1. The molecule has 5 nitrogen and oxygen atoms in total. The Morgan fingerprint density at radius 3 is 2.74 bits per heavy atom. The number of allylic oxidation sites excluding steroid dienone is 1. The van der Waals surface area contributed by atoms with Crippen LogP contribution >= 0.6 is 11.3 Å². The summed E-state index contributed by atoms with van der Waals surface area (Å²) in [5.74, 6) is -1.06. The van der Waals surface area contributed by atoms with Gasteiger partial charge in [-0.25, -0.2) is 4.79 Å². The van der Waals surface area contributed by atoms with E-state index in [1.807, 2.05) is 0 Å². The number of hydrogen-bond acceptors (Lipinski definition) is 4. The maximum Gasteiger partial charge on any atom is 0.331 e. The predicted molar refractivity (Wildman–Crippen MR) is 73.7 cm³/mol. The first-order valence-corrected chi connectivity index (χ1v) is 6.35. The quantitative estimate of drug-likeness (QED) is 0.862. The van der Waals surface area contributed by atoms with Gasteiger partial charge in [-0.1, -0.05) is 29.5 Å². The van der Waals surface area contributed by atoms with Gasteiger partial charge in [-0.05, 0) is 19.1 Å². The average molecular weight is 277 g/mol. The van der Waals surface area contributed by atoms with Crippen molar-refractivity contribution in [3.8, 4) is 0 Å². The number of hydrogen-bond donors (Lipinski definition) is 1. The smallest absolute Gasteiger partial charge is 0.331 e. The summed E-state index contributed by atoms with van der Waals surface area (Å²) >= 11 is 0.973. The lowest BCUT2D eigenvalue weighted by atomic mass is 10.2. The van der Waals surface area contributed by atoms with E-state index in [2.05, 4.69) is 0 Å². The lowest BCUT2D eigenvalue weighted by molar-refractivity contribution is -0.132. The van der Waals surface area contributed by atoms with E-state index in [1.54, 1.807) is 24.3 Å². The van der Waals surface area contributed by atoms with Gasteiger partial charge in [-0.15, -0.1) is 0 Å². The standard InChI is InChI=1S/C13H11NO4S/c1-8(12(16)17)6-7-14-11(15)9-4-2-3-5-10(9)19-13(14)18/h2-6H,7H2,1H3,(H,16,17)/b8-6-. The van der Waals surface area contributed by atoms with Crippen LogP contribution in [0.2, 0.25) is 0 Å². The highest BCUT2D eigenvalue weighted by Crippen LogP contribution is 2.10. The van der Waals surface area contributed by atoms with Crippen LogP contribution < -0.4 is 10.4 Å². The van der Waals surface area contributed by atoms with Gasteiger partial charge in [-0.3, -0.25) is 14.2 Å². The van der Waals surface area contributed by atoms with Crippen molar-refractivity contribution in [1.82, 2.24) is 4.57 Å². The van der Waals surface area contributed by atoms with E-state index in [0.717, 1.165) is 15.9 Å². The van der Waals surface area contributed by atoms with Crippen molar-refractivity contribution in [3.05, 3.63) is 55.9 Å². The Labute approximate surface area is 112 Å². The van der Waals surface area contributed by atoms with Crippen molar-refractivity contribution in [2.45, 2.75) is 13.5 Å². The van der Waals surface area contributed by atoms with Crippen molar-refractivity contribution >= 4 is 27.4 Å². The van der Waals surface area contributed by atoms with Crippen LogP contribution in [-0.4, -0.2) is 15.6 Å². The van der Waals surface area contributed by atoms with E-state index in [0.29, 0.717) is 10.1 Å². The summed E-state index contributed by atoms with van der Waals surface area (Å²) < 4.78 is 1.67. The third-order valence-electron chi connectivity index (χ3n) is 2.70. The zero-order valence-corrected chi connectivity index (χ0v) is 10.9. The number of rotatable bonds is 3. The summed E-state index contributed by atoms with van der Waals surface area (Å²) in [5.41, 5.74) is -0.293. The number of aliphatic carboxylic acids is 1. The Morgan fingerprint density at radius 1 is 1.37 bits per heavy atom. The van der Waals surface area contributed by atoms with E-state index in [1.165, 1.54) is 13.0 Å². The van der Waals surface area contributed by atoms with Gasteiger partial charge in [0.05, 0.1) is 5.39 Å². The van der Waals surface area contributed by atoms with Crippen LogP contribution in [0.25, 0.3) is 10.1 Å². The molecule has 0 atom stereocenters. The monoisotopic (exact) mass is 277 g/mol. The van der Waals surface area contributed by atoms with Gasteiger partial charge >= 0.3 is 10.8 Å². The number of carbonyl (C=O) groups is 1. The second-order valence-corrected chi connectivity index (χ2v) is 4.97. The molecule has 0 radical (unpaired) electrons. The number of benzene rings is 1. The molecule has 0 saturated heterocycles. The molecule has 1 heterocycles. The van der Waals surface area contributed by atoms with Crippen LogP contribution in [0.5, 0.6) is 0 Å². The molecule has 1 aromatic carbocycles. The molecule has 6 heteroatoms. The molecule has 2 rings (SSSR count). The molecule has 0 aliphatic heterocycles. The third kappa shape index (κ3) is 2.63. The number of aromatic nitrogens is 1. The molecule has 1 N–H and O–H groups in total. The van der Waals surface area contributed by atoms with Gasteiger partial charge in [0.25, 0.3) is 5.56 Å². The Bertz CT molecular complexity index is 785. The topological polar surface area (TPSA) is 76.4 Å². The maximum atomic E-state index is 12.1. The Kier molecular flexibility index (Phi) is 3.62. The minimum atomic E-state index is -1.06. The molecule has 1 aromatic heterocycles. The van der Waals surface area contributed by atoms with Gasteiger partial charge in [0.1, 0.15) is 0 Å². The fourth-order valence-electron chi connectivity index (χ4n) is 1.58. The summed E-state index contributed by atoms with van der Waals surface area (Å²) in [7, 11) is 0. The molecule has 19 heavy (non-hydrogen) atoms. The molecule has 2 aromatic rings. The molecule has 0 aliphatic rings. The molecular weight excluding hydrogens is 266 g/mol. The van der Waals surface area contributed by atoms with Gasteiger partial charge in [0.15, 0.2) is 0 Å². The fourth-order valence-corrected chi connectivity index (χ4v) is 2.45. The second-order valence-electron chi connectivity index (χ2n) is 3.97. The van der Waals surface area contributed by atoms with E-state index in [4.69, 9.17) is 5.11 Å². The van der Waals surface area contributed by atoms with Crippen LogP contribution in [0.1, 0.15) is 6.92 Å². The molecule has 0 aliphatic carbocycles. The minimum Gasteiger partial charge on any atom is -0.478 e. The number of fused-ring (bicyclic) bond motifs is 1. The van der Waals surface area contributed by atoms with Gasteiger partial charge < -0.3 is 5.11 Å². The molecule has 98 valence electrons. The SMILES string of the molecule is C/C(=C/Cn1c(=O)sc2ccccc2c1=O)C(=O)O. The number of carboxylic acids is 1. The molecule has 0 spiro atoms. The van der Waals surface area contributed by atoms with E-state index in [-0.39, 0.29) is 12.1 Å². The van der Waals surface area contributed by atoms with E-state index >= 15 is 0 Å². The molecule has 0 bridgehead atoms. The van der Waals surface area contributed by atoms with Crippen LogP contribution in [0.15, 0.2) is 45.5 Å². The normalized spacial score (nSPS) is 11.7. The van der Waals surface area contributed by atoms with Crippen molar-refractivity contribution in [1.29, 1.82) is 0 Å². The minimum absolute atomic E-state index is 0.0306. The first-order chi connectivity index (χ1) is 9.00. The largest absolute Gasteiger partial charge is 0.478 e. The van der Waals surface area contributed by atoms with Gasteiger partial charge in [0, 0.05) is 16.8 Å². The van der Waals surface area contributed by atoms with Crippen molar-refractivity contribution in [2.75, 3.05) is 0 Å². The first kappa shape index (κ1) is 13.2. The van der Waals surface area contributed by atoms with Crippen molar-refractivity contribution in [2.24, 2.45) is 0 Å². The highest BCUT2D eigenvalue weighted by Gasteiger charge is 2.07. The summed E-state index contributed by atoms with van der Waals surface area (Å²) in [5, 5.41) is 9.21. The van der Waals surface area contributed by atoms with Crippen molar-refractivity contribution in [3.63, 3.8) is 0 Å².